The number of carbonyl (C=O) groups excluding carboxylic acids is 1. The summed E-state index contributed by atoms with van der Waals surface area (Å²) < 4.78 is 7.73. The first-order chi connectivity index (χ1) is 14.2. The van der Waals surface area contributed by atoms with Crippen molar-refractivity contribution in [1.29, 1.82) is 0 Å². The summed E-state index contributed by atoms with van der Waals surface area (Å²) in [6.45, 7) is 2.86. The van der Waals surface area contributed by atoms with E-state index in [9.17, 15) is 4.79 Å². The third-order valence-electron chi connectivity index (χ3n) is 5.75. The van der Waals surface area contributed by atoms with Gasteiger partial charge in [0.05, 0.1) is 24.2 Å². The molecule has 0 unspecified atom stereocenters. The molecule has 2 aromatic heterocycles. The number of rotatable bonds is 6. The molecule has 2 heterocycles. The summed E-state index contributed by atoms with van der Waals surface area (Å²) in [5.74, 6) is 1.28. The maximum atomic E-state index is 13.6. The van der Waals surface area contributed by atoms with Crippen molar-refractivity contribution >= 4 is 16.9 Å². The van der Waals surface area contributed by atoms with Gasteiger partial charge < -0.3 is 14.2 Å². The molecular formula is C23H28N4O2. The van der Waals surface area contributed by atoms with E-state index in [4.69, 9.17) is 9.72 Å². The Morgan fingerprint density at radius 3 is 2.72 bits per heavy atom. The highest BCUT2D eigenvalue weighted by molar-refractivity contribution is 5.96. The molecular weight excluding hydrogens is 364 g/mol. The van der Waals surface area contributed by atoms with Gasteiger partial charge >= 0.3 is 0 Å². The van der Waals surface area contributed by atoms with Gasteiger partial charge in [-0.05, 0) is 44.0 Å². The lowest BCUT2D eigenvalue weighted by Gasteiger charge is -2.34. The molecule has 0 saturated heterocycles. The molecule has 1 amide bonds. The number of imidazole rings is 1. The zero-order valence-electron chi connectivity index (χ0n) is 17.2. The zero-order chi connectivity index (χ0) is 20.2. The normalized spacial score (nSPS) is 14.8. The second kappa shape index (κ2) is 8.64. The van der Waals surface area contributed by atoms with E-state index in [1.54, 1.807) is 12.3 Å². The number of carbonyl (C=O) groups is 1. The summed E-state index contributed by atoms with van der Waals surface area (Å²) in [4.78, 5) is 24.7. The maximum absolute atomic E-state index is 13.6. The molecule has 0 spiro atoms. The van der Waals surface area contributed by atoms with Gasteiger partial charge in [-0.25, -0.2) is 9.97 Å². The fourth-order valence-electron chi connectivity index (χ4n) is 4.21. The van der Waals surface area contributed by atoms with Crippen molar-refractivity contribution in [2.24, 2.45) is 7.05 Å². The van der Waals surface area contributed by atoms with Crippen LogP contribution < -0.4 is 4.74 Å². The van der Waals surface area contributed by atoms with Crippen molar-refractivity contribution in [3.63, 3.8) is 0 Å². The molecule has 4 rings (SSSR count). The minimum Gasteiger partial charge on any atom is -0.477 e. The average Bonchev–Trinajstić information content (AvgIpc) is 3.08. The molecule has 0 atom stereocenters. The second-order valence-corrected chi connectivity index (χ2v) is 7.59. The fourth-order valence-corrected chi connectivity index (χ4v) is 4.21. The average molecular weight is 393 g/mol. The van der Waals surface area contributed by atoms with Crippen LogP contribution in [0.5, 0.6) is 5.88 Å². The van der Waals surface area contributed by atoms with Gasteiger partial charge in [-0.3, -0.25) is 4.79 Å². The van der Waals surface area contributed by atoms with Crippen molar-refractivity contribution < 1.29 is 9.53 Å². The van der Waals surface area contributed by atoms with E-state index in [2.05, 4.69) is 15.6 Å². The molecule has 0 aliphatic heterocycles. The van der Waals surface area contributed by atoms with Gasteiger partial charge in [0.2, 0.25) is 5.88 Å². The van der Waals surface area contributed by atoms with Gasteiger partial charge in [0.1, 0.15) is 11.4 Å². The Morgan fingerprint density at radius 1 is 1.17 bits per heavy atom. The van der Waals surface area contributed by atoms with Crippen molar-refractivity contribution in [3.05, 3.63) is 54.0 Å². The minimum atomic E-state index is -0.0273. The summed E-state index contributed by atoms with van der Waals surface area (Å²) in [5, 5.41) is 0. The lowest BCUT2D eigenvalue weighted by Crippen LogP contribution is -2.41. The number of pyridine rings is 1. The largest absolute Gasteiger partial charge is 0.477 e. The molecule has 6 nitrogen and oxygen atoms in total. The highest BCUT2D eigenvalue weighted by Gasteiger charge is 2.29. The first-order valence-electron chi connectivity index (χ1n) is 10.5. The molecule has 1 fully saturated rings. The lowest BCUT2D eigenvalue weighted by atomic mass is 9.93. The summed E-state index contributed by atoms with van der Waals surface area (Å²) in [6, 6.07) is 11.9. The van der Waals surface area contributed by atoms with Crippen LogP contribution in [0.15, 0.2) is 42.6 Å². The lowest BCUT2D eigenvalue weighted by molar-refractivity contribution is 0.0601. The van der Waals surface area contributed by atoms with E-state index in [-0.39, 0.29) is 11.9 Å². The van der Waals surface area contributed by atoms with Gasteiger partial charge in [-0.1, -0.05) is 31.4 Å². The number of hydrogen-bond donors (Lipinski definition) is 0. The highest BCUT2D eigenvalue weighted by Crippen LogP contribution is 2.28. The number of nitrogens with zero attached hydrogens (tertiary/aromatic N) is 4. The van der Waals surface area contributed by atoms with Crippen molar-refractivity contribution in [2.45, 2.75) is 51.6 Å². The number of para-hydroxylation sites is 2. The molecule has 0 radical (unpaired) electrons. The van der Waals surface area contributed by atoms with Gasteiger partial charge in [0.15, 0.2) is 0 Å². The van der Waals surface area contributed by atoms with Gasteiger partial charge in [0.25, 0.3) is 5.91 Å². The van der Waals surface area contributed by atoms with Crippen LogP contribution in [0.4, 0.5) is 0 Å². The molecule has 0 bridgehead atoms. The smallest absolute Gasteiger partial charge is 0.260 e. The summed E-state index contributed by atoms with van der Waals surface area (Å²) in [5.41, 5.74) is 2.56. The van der Waals surface area contributed by atoms with Gasteiger partial charge in [-0.15, -0.1) is 0 Å². The van der Waals surface area contributed by atoms with Crippen molar-refractivity contribution in [1.82, 2.24) is 19.4 Å². The second-order valence-electron chi connectivity index (χ2n) is 7.59. The van der Waals surface area contributed by atoms with E-state index in [0.717, 1.165) is 42.5 Å². The molecule has 1 aliphatic rings. The Kier molecular flexibility index (Phi) is 5.79. The molecule has 1 aromatic carbocycles. The topological polar surface area (TPSA) is 60.2 Å². The van der Waals surface area contributed by atoms with E-state index in [1.165, 1.54) is 6.42 Å². The first kappa shape index (κ1) is 19.4. The Labute approximate surface area is 171 Å². The number of aromatic nitrogens is 3. The Hall–Kier alpha value is -2.89. The van der Waals surface area contributed by atoms with Crippen molar-refractivity contribution in [2.75, 3.05) is 6.61 Å². The molecule has 6 heteroatoms. The summed E-state index contributed by atoms with van der Waals surface area (Å²) >= 11 is 0. The summed E-state index contributed by atoms with van der Waals surface area (Å²) in [7, 11) is 2.02. The fraction of sp³-hybridized carbons (Fsp3) is 0.435. The number of hydrogen-bond acceptors (Lipinski definition) is 4. The summed E-state index contributed by atoms with van der Waals surface area (Å²) in [6.07, 6.45) is 7.27. The molecule has 0 N–H and O–H groups in total. The third-order valence-corrected chi connectivity index (χ3v) is 5.75. The van der Waals surface area contributed by atoms with Crippen LogP contribution in [0, 0.1) is 0 Å². The number of aryl methyl sites for hydroxylation is 1. The minimum absolute atomic E-state index is 0.0273. The van der Waals surface area contributed by atoms with Crippen LogP contribution in [0.1, 0.15) is 55.2 Å². The number of benzene rings is 1. The van der Waals surface area contributed by atoms with Crippen LogP contribution in [0.2, 0.25) is 0 Å². The van der Waals surface area contributed by atoms with E-state index in [1.807, 2.05) is 43.1 Å². The van der Waals surface area contributed by atoms with E-state index < -0.39 is 0 Å². The number of ether oxygens (including phenoxy) is 1. The Morgan fingerprint density at radius 2 is 1.97 bits per heavy atom. The standard InChI is InChI=1S/C23H28N4O2/c1-3-29-22-18(12-9-15-24-22)23(28)27(17-10-5-4-6-11-17)16-21-25-19-13-7-8-14-20(19)26(21)2/h7-9,12-15,17H,3-6,10-11,16H2,1-2H3. The first-order valence-corrected chi connectivity index (χ1v) is 10.5. The Balaban J connectivity index is 1.70. The maximum Gasteiger partial charge on any atom is 0.260 e. The monoisotopic (exact) mass is 392 g/mol. The number of fused-ring (bicyclic) bond motifs is 1. The third kappa shape index (κ3) is 3.97. The van der Waals surface area contributed by atoms with Crippen LogP contribution in [-0.2, 0) is 13.6 Å². The Bertz CT molecular complexity index is 991. The number of amides is 1. The molecule has 1 aliphatic carbocycles. The van der Waals surface area contributed by atoms with Crippen LogP contribution in [-0.4, -0.2) is 38.0 Å². The quantitative estimate of drug-likeness (QED) is 0.626. The van der Waals surface area contributed by atoms with E-state index >= 15 is 0 Å². The molecule has 152 valence electrons. The predicted octanol–water partition coefficient (Wildman–Crippen LogP) is 4.34. The SMILES string of the molecule is CCOc1ncccc1C(=O)N(Cc1nc2ccccc2n1C)C1CCCCC1. The predicted molar refractivity (Wildman–Crippen MR) is 113 cm³/mol. The molecule has 1 saturated carbocycles. The molecule has 3 aromatic rings. The van der Waals surface area contributed by atoms with E-state index in [0.29, 0.717) is 24.6 Å². The van der Waals surface area contributed by atoms with Gasteiger partial charge in [0, 0.05) is 19.3 Å². The van der Waals surface area contributed by atoms with Crippen LogP contribution >= 0.6 is 0 Å². The highest BCUT2D eigenvalue weighted by atomic mass is 16.5. The van der Waals surface area contributed by atoms with Crippen molar-refractivity contribution in [3.8, 4) is 5.88 Å². The van der Waals surface area contributed by atoms with Gasteiger partial charge in [-0.2, -0.15) is 0 Å². The zero-order valence-corrected chi connectivity index (χ0v) is 17.2. The van der Waals surface area contributed by atoms with Crippen LogP contribution in [0.25, 0.3) is 11.0 Å². The van der Waals surface area contributed by atoms with Crippen LogP contribution in [0.3, 0.4) is 0 Å². The molecule has 29 heavy (non-hydrogen) atoms.